The van der Waals surface area contributed by atoms with Crippen LogP contribution in [0.4, 0.5) is 4.79 Å². The van der Waals surface area contributed by atoms with Crippen molar-refractivity contribution in [3.05, 3.63) is 12.2 Å². The average molecular weight is 297 g/mol. The number of aryl methyl sites for hydroxylation is 1. The molecule has 0 spiro atoms. The number of carboxylic acid groups (broad SMARTS) is 1. The number of amides is 2. The van der Waals surface area contributed by atoms with Gasteiger partial charge >= 0.3 is 12.0 Å². The molecule has 1 heterocycles. The van der Waals surface area contributed by atoms with E-state index in [9.17, 15) is 14.7 Å². The van der Waals surface area contributed by atoms with E-state index in [1.54, 1.807) is 45.8 Å². The Bertz CT molecular complexity index is 522. The van der Waals surface area contributed by atoms with Crippen LogP contribution in [0.25, 0.3) is 0 Å². The summed E-state index contributed by atoms with van der Waals surface area (Å²) in [6.45, 7) is 6.89. The van der Waals surface area contributed by atoms with Crippen LogP contribution in [0.3, 0.4) is 0 Å². The van der Waals surface area contributed by atoms with Gasteiger partial charge in [-0.05, 0) is 27.7 Å². The number of hydrogen-bond acceptors (Lipinski definition) is 4. The molecule has 1 aromatic heterocycles. The standard InChI is InChI=1S/C13H23N5O3/c1-12(2,10(19)20)13(3,4)16-11(21)14-7-6-9-15-8-18(5)17-9/h8H,6-7H2,1-5H3,(H,19,20)(H2,14,16,21). The number of hydrogen-bond donors (Lipinski definition) is 3. The lowest BCUT2D eigenvalue weighted by molar-refractivity contribution is -0.150. The first-order valence-electron chi connectivity index (χ1n) is 6.70. The quantitative estimate of drug-likeness (QED) is 0.710. The van der Waals surface area contributed by atoms with E-state index in [1.165, 1.54) is 0 Å². The first kappa shape index (κ1) is 16.9. The minimum atomic E-state index is -1.09. The number of urea groups is 1. The molecule has 0 unspecified atom stereocenters. The van der Waals surface area contributed by atoms with Crippen molar-refractivity contribution in [2.45, 2.75) is 39.7 Å². The Kier molecular flexibility index (Phi) is 4.93. The van der Waals surface area contributed by atoms with Crippen molar-refractivity contribution >= 4 is 12.0 Å². The fourth-order valence-electron chi connectivity index (χ4n) is 1.54. The first-order valence-corrected chi connectivity index (χ1v) is 6.70. The molecule has 0 aliphatic carbocycles. The molecular formula is C13H23N5O3. The van der Waals surface area contributed by atoms with E-state index in [0.717, 1.165) is 0 Å². The lowest BCUT2D eigenvalue weighted by Crippen LogP contribution is -2.59. The molecule has 2 amide bonds. The van der Waals surface area contributed by atoms with Crippen molar-refractivity contribution in [3.8, 4) is 0 Å². The third-order valence-electron chi connectivity index (χ3n) is 3.80. The third-order valence-corrected chi connectivity index (χ3v) is 3.80. The largest absolute Gasteiger partial charge is 0.481 e. The molecule has 0 bridgehead atoms. The third kappa shape index (κ3) is 4.17. The zero-order chi connectivity index (χ0) is 16.3. The molecule has 0 radical (unpaired) electrons. The number of carbonyl (C=O) groups excluding carboxylic acids is 1. The summed E-state index contributed by atoms with van der Waals surface area (Å²) in [5, 5.41) is 18.7. The number of aliphatic carboxylic acids is 1. The van der Waals surface area contributed by atoms with E-state index >= 15 is 0 Å². The van der Waals surface area contributed by atoms with Crippen molar-refractivity contribution in [2.24, 2.45) is 12.5 Å². The Morgan fingerprint density at radius 2 is 1.95 bits per heavy atom. The van der Waals surface area contributed by atoms with Gasteiger partial charge in [0.05, 0.1) is 11.0 Å². The molecule has 8 heteroatoms. The van der Waals surface area contributed by atoms with E-state index < -0.39 is 23.0 Å². The molecule has 118 valence electrons. The van der Waals surface area contributed by atoms with Crippen molar-refractivity contribution in [1.29, 1.82) is 0 Å². The van der Waals surface area contributed by atoms with Crippen molar-refractivity contribution in [2.75, 3.05) is 6.54 Å². The molecule has 1 aromatic rings. The molecule has 0 aliphatic rings. The highest BCUT2D eigenvalue weighted by Gasteiger charge is 2.44. The molecule has 1 rings (SSSR count). The fourth-order valence-corrected chi connectivity index (χ4v) is 1.54. The van der Waals surface area contributed by atoms with Crippen LogP contribution in [0.2, 0.25) is 0 Å². The Labute approximate surface area is 123 Å². The minimum absolute atomic E-state index is 0.374. The second-order valence-electron chi connectivity index (χ2n) is 6.02. The lowest BCUT2D eigenvalue weighted by atomic mass is 9.74. The predicted molar refractivity (Wildman–Crippen MR) is 76.7 cm³/mol. The van der Waals surface area contributed by atoms with Gasteiger partial charge in [0.25, 0.3) is 0 Å². The summed E-state index contributed by atoms with van der Waals surface area (Å²) in [6.07, 6.45) is 2.10. The second kappa shape index (κ2) is 6.11. The molecule has 21 heavy (non-hydrogen) atoms. The van der Waals surface area contributed by atoms with Gasteiger partial charge in [-0.2, -0.15) is 5.10 Å². The van der Waals surface area contributed by atoms with Crippen LogP contribution < -0.4 is 10.6 Å². The lowest BCUT2D eigenvalue weighted by Gasteiger charge is -2.38. The molecule has 0 saturated heterocycles. The number of carboxylic acids is 1. The van der Waals surface area contributed by atoms with E-state index in [1.807, 2.05) is 0 Å². The van der Waals surface area contributed by atoms with Crippen molar-refractivity contribution in [3.63, 3.8) is 0 Å². The highest BCUT2D eigenvalue weighted by atomic mass is 16.4. The summed E-state index contributed by atoms with van der Waals surface area (Å²) in [6, 6.07) is -0.412. The summed E-state index contributed by atoms with van der Waals surface area (Å²) >= 11 is 0. The van der Waals surface area contributed by atoms with Gasteiger partial charge in [0.15, 0.2) is 5.82 Å². The molecule has 0 fully saturated rings. The Hall–Kier alpha value is -2.12. The van der Waals surface area contributed by atoms with Crippen molar-refractivity contribution < 1.29 is 14.7 Å². The number of carbonyl (C=O) groups is 2. The maximum atomic E-state index is 11.9. The summed E-state index contributed by atoms with van der Waals surface area (Å²) in [5.41, 5.74) is -1.99. The van der Waals surface area contributed by atoms with Gasteiger partial charge in [0.2, 0.25) is 0 Å². The smallest absolute Gasteiger partial charge is 0.315 e. The minimum Gasteiger partial charge on any atom is -0.481 e. The number of nitrogens with zero attached hydrogens (tertiary/aromatic N) is 3. The SMILES string of the molecule is Cn1cnc(CCNC(=O)NC(C)(C)C(C)(C)C(=O)O)n1. The topological polar surface area (TPSA) is 109 Å². The summed E-state index contributed by atoms with van der Waals surface area (Å²) in [7, 11) is 1.77. The average Bonchev–Trinajstić information content (AvgIpc) is 2.73. The van der Waals surface area contributed by atoms with Gasteiger partial charge in [-0.15, -0.1) is 0 Å². The van der Waals surface area contributed by atoms with Gasteiger partial charge < -0.3 is 15.7 Å². The molecule has 3 N–H and O–H groups in total. The zero-order valence-corrected chi connectivity index (χ0v) is 13.1. The van der Waals surface area contributed by atoms with Crippen LogP contribution in [0.1, 0.15) is 33.5 Å². The molecule has 0 atom stereocenters. The van der Waals surface area contributed by atoms with Crippen LogP contribution >= 0.6 is 0 Å². The molecule has 0 saturated carbocycles. The van der Waals surface area contributed by atoms with Gasteiger partial charge in [-0.3, -0.25) is 9.48 Å². The van der Waals surface area contributed by atoms with Crippen LogP contribution in [0, 0.1) is 5.41 Å². The van der Waals surface area contributed by atoms with Gasteiger partial charge in [0.1, 0.15) is 6.33 Å². The van der Waals surface area contributed by atoms with Crippen molar-refractivity contribution in [1.82, 2.24) is 25.4 Å². The van der Waals surface area contributed by atoms with E-state index in [4.69, 9.17) is 0 Å². The normalized spacial score (nSPS) is 12.0. The van der Waals surface area contributed by atoms with E-state index in [0.29, 0.717) is 18.8 Å². The number of aromatic nitrogens is 3. The maximum Gasteiger partial charge on any atom is 0.315 e. The van der Waals surface area contributed by atoms with Gasteiger partial charge in [-0.25, -0.2) is 9.78 Å². The highest BCUT2D eigenvalue weighted by Crippen LogP contribution is 2.30. The first-order chi connectivity index (χ1) is 9.56. The van der Waals surface area contributed by atoms with Crippen LogP contribution in [-0.2, 0) is 18.3 Å². The van der Waals surface area contributed by atoms with Crippen LogP contribution in [-0.4, -0.2) is 44.0 Å². The monoisotopic (exact) mass is 297 g/mol. The van der Waals surface area contributed by atoms with Crippen LogP contribution in [0.15, 0.2) is 6.33 Å². The van der Waals surface area contributed by atoms with E-state index in [2.05, 4.69) is 20.7 Å². The Balaban J connectivity index is 2.48. The maximum absolute atomic E-state index is 11.9. The number of rotatable bonds is 6. The molecular weight excluding hydrogens is 274 g/mol. The van der Waals surface area contributed by atoms with Crippen LogP contribution in [0.5, 0.6) is 0 Å². The summed E-state index contributed by atoms with van der Waals surface area (Å²) < 4.78 is 1.59. The van der Waals surface area contributed by atoms with Gasteiger partial charge in [0, 0.05) is 20.0 Å². The zero-order valence-electron chi connectivity index (χ0n) is 13.1. The number of nitrogens with one attached hydrogen (secondary N) is 2. The molecule has 8 nitrogen and oxygen atoms in total. The fraction of sp³-hybridized carbons (Fsp3) is 0.692. The molecule has 0 aromatic carbocycles. The highest BCUT2D eigenvalue weighted by molar-refractivity contribution is 5.79. The summed E-state index contributed by atoms with van der Waals surface area (Å²) in [5.74, 6) is -0.326. The Morgan fingerprint density at radius 3 is 2.43 bits per heavy atom. The van der Waals surface area contributed by atoms with E-state index in [-0.39, 0.29) is 0 Å². The predicted octanol–water partition coefficient (Wildman–Crippen LogP) is 0.546. The second-order valence-corrected chi connectivity index (χ2v) is 6.02. The van der Waals surface area contributed by atoms with Gasteiger partial charge in [-0.1, -0.05) is 0 Å². The molecule has 0 aliphatic heterocycles. The Morgan fingerprint density at radius 1 is 1.33 bits per heavy atom. The summed E-state index contributed by atoms with van der Waals surface area (Å²) in [4.78, 5) is 27.2.